The summed E-state index contributed by atoms with van der Waals surface area (Å²) in [7, 11) is 0. The number of hydrogen-bond donors (Lipinski definition) is 3. The second-order valence-corrected chi connectivity index (χ2v) is 3.46. The molecule has 86 valence electrons. The van der Waals surface area contributed by atoms with E-state index >= 15 is 0 Å². The third-order valence-electron chi connectivity index (χ3n) is 1.81. The molecule has 1 unspecified atom stereocenters. The van der Waals surface area contributed by atoms with E-state index in [2.05, 4.69) is 0 Å². The van der Waals surface area contributed by atoms with E-state index in [0.29, 0.717) is 12.0 Å². The van der Waals surface area contributed by atoms with Crippen LogP contribution in [-0.4, -0.2) is 22.9 Å². The largest absolute Gasteiger partial charge is 0.504 e. The number of rotatable bonds is 3. The summed E-state index contributed by atoms with van der Waals surface area (Å²) in [5.41, 5.74) is 6.01. The molecule has 3 nitrogen and oxygen atoms in total. The van der Waals surface area contributed by atoms with Crippen LogP contribution < -0.4 is 5.73 Å². The van der Waals surface area contributed by atoms with Gasteiger partial charge in [-0.1, -0.05) is 11.6 Å². The molecule has 0 aliphatic rings. The maximum atomic E-state index is 13.0. The second kappa shape index (κ2) is 6.12. The minimum atomic E-state index is -0.780. The maximum absolute atomic E-state index is 13.0. The van der Waals surface area contributed by atoms with Crippen molar-refractivity contribution in [3.8, 4) is 5.75 Å². The normalized spacial score (nSPS) is 12.0. The van der Waals surface area contributed by atoms with Gasteiger partial charge in [0.1, 0.15) is 0 Å². The van der Waals surface area contributed by atoms with E-state index in [1.165, 1.54) is 6.07 Å². The Morgan fingerprint density at radius 3 is 2.53 bits per heavy atom. The lowest BCUT2D eigenvalue weighted by Crippen LogP contribution is -2.26. The first-order valence-electron chi connectivity index (χ1n) is 4.08. The summed E-state index contributed by atoms with van der Waals surface area (Å²) >= 11 is 5.55. The van der Waals surface area contributed by atoms with Crippen LogP contribution in [0.1, 0.15) is 5.56 Å². The second-order valence-electron chi connectivity index (χ2n) is 3.05. The molecule has 4 N–H and O–H groups in total. The molecule has 0 spiro atoms. The lowest BCUT2D eigenvalue weighted by molar-refractivity contribution is 0.265. The highest BCUT2D eigenvalue weighted by Gasteiger charge is 2.10. The SMILES string of the molecule is Cl.NC(CO)Cc1cc(F)c(O)c(Cl)c1. The summed E-state index contributed by atoms with van der Waals surface area (Å²) in [5, 5.41) is 17.7. The molecule has 1 rings (SSSR count). The molecule has 0 saturated carbocycles. The van der Waals surface area contributed by atoms with E-state index in [1.54, 1.807) is 0 Å². The fourth-order valence-corrected chi connectivity index (χ4v) is 1.33. The van der Waals surface area contributed by atoms with E-state index in [0.717, 1.165) is 6.07 Å². The van der Waals surface area contributed by atoms with Crippen molar-refractivity contribution >= 4 is 24.0 Å². The first-order chi connectivity index (χ1) is 6.54. The molecule has 0 fully saturated rings. The Bertz CT molecular complexity index is 313. The van der Waals surface area contributed by atoms with Gasteiger partial charge in [0, 0.05) is 6.04 Å². The van der Waals surface area contributed by atoms with E-state index in [1.807, 2.05) is 0 Å². The van der Waals surface area contributed by atoms with E-state index in [-0.39, 0.29) is 24.0 Å². The summed E-state index contributed by atoms with van der Waals surface area (Å²) < 4.78 is 13.0. The standard InChI is InChI=1S/C9H11ClFNO2.ClH/c10-7-2-5(1-6(12)4-13)3-8(11)9(7)14;/h2-3,6,13-14H,1,4,12H2;1H. The fourth-order valence-electron chi connectivity index (χ4n) is 1.10. The molecule has 0 amide bonds. The maximum Gasteiger partial charge on any atom is 0.170 e. The highest BCUT2D eigenvalue weighted by molar-refractivity contribution is 6.32. The zero-order valence-electron chi connectivity index (χ0n) is 7.78. The summed E-state index contributed by atoms with van der Waals surface area (Å²) in [5.74, 6) is -1.34. The predicted molar refractivity (Wildman–Crippen MR) is 59.1 cm³/mol. The summed E-state index contributed by atoms with van der Waals surface area (Å²) in [6.45, 7) is -0.180. The van der Waals surface area contributed by atoms with Crippen LogP contribution in [0.4, 0.5) is 4.39 Å². The molecule has 0 heterocycles. The predicted octanol–water partition coefficient (Wildman–Crippen LogP) is 1.47. The lowest BCUT2D eigenvalue weighted by Gasteiger charge is -2.09. The van der Waals surface area contributed by atoms with Crippen LogP contribution in [0.25, 0.3) is 0 Å². The highest BCUT2D eigenvalue weighted by atomic mass is 35.5. The third-order valence-corrected chi connectivity index (χ3v) is 2.10. The molecular weight excluding hydrogens is 244 g/mol. The van der Waals surface area contributed by atoms with E-state index in [9.17, 15) is 4.39 Å². The van der Waals surface area contributed by atoms with Crippen molar-refractivity contribution in [1.29, 1.82) is 0 Å². The van der Waals surface area contributed by atoms with Gasteiger partial charge in [0.05, 0.1) is 11.6 Å². The van der Waals surface area contributed by atoms with Gasteiger partial charge in [-0.25, -0.2) is 4.39 Å². The minimum Gasteiger partial charge on any atom is -0.504 e. The van der Waals surface area contributed by atoms with Gasteiger partial charge in [0.2, 0.25) is 0 Å². The number of phenols is 1. The van der Waals surface area contributed by atoms with Gasteiger partial charge in [0.15, 0.2) is 11.6 Å². The quantitative estimate of drug-likeness (QED) is 0.767. The van der Waals surface area contributed by atoms with Crippen molar-refractivity contribution in [2.75, 3.05) is 6.61 Å². The zero-order valence-corrected chi connectivity index (χ0v) is 9.35. The minimum absolute atomic E-state index is 0. The van der Waals surface area contributed by atoms with Crippen LogP contribution in [0.15, 0.2) is 12.1 Å². The van der Waals surface area contributed by atoms with Crippen molar-refractivity contribution in [3.63, 3.8) is 0 Å². The van der Waals surface area contributed by atoms with Gasteiger partial charge >= 0.3 is 0 Å². The topological polar surface area (TPSA) is 66.5 Å². The number of halogens is 3. The molecule has 0 aromatic heterocycles. The number of aromatic hydroxyl groups is 1. The molecule has 1 aromatic rings. The van der Waals surface area contributed by atoms with Crippen LogP contribution in [-0.2, 0) is 6.42 Å². The van der Waals surface area contributed by atoms with E-state index < -0.39 is 17.6 Å². The van der Waals surface area contributed by atoms with Gasteiger partial charge in [-0.05, 0) is 24.1 Å². The Balaban J connectivity index is 0.00000196. The molecule has 0 radical (unpaired) electrons. The Kier molecular flexibility index (Phi) is 5.90. The fraction of sp³-hybridized carbons (Fsp3) is 0.333. The molecule has 0 saturated heterocycles. The van der Waals surface area contributed by atoms with Crippen LogP contribution in [0.5, 0.6) is 5.75 Å². The van der Waals surface area contributed by atoms with Gasteiger partial charge in [-0.2, -0.15) is 0 Å². The van der Waals surface area contributed by atoms with Gasteiger partial charge in [0.25, 0.3) is 0 Å². The van der Waals surface area contributed by atoms with Crippen molar-refractivity contribution in [2.24, 2.45) is 5.73 Å². The van der Waals surface area contributed by atoms with Crippen LogP contribution >= 0.6 is 24.0 Å². The number of benzene rings is 1. The smallest absolute Gasteiger partial charge is 0.170 e. The molecule has 1 atom stereocenters. The molecule has 0 aliphatic carbocycles. The summed E-state index contributed by atoms with van der Waals surface area (Å²) in [6.07, 6.45) is 0.313. The Hall–Kier alpha value is -0.550. The first kappa shape index (κ1) is 14.5. The average molecular weight is 256 g/mol. The van der Waals surface area contributed by atoms with Gasteiger partial charge in [-0.15, -0.1) is 12.4 Å². The lowest BCUT2D eigenvalue weighted by atomic mass is 10.1. The molecule has 1 aromatic carbocycles. The number of hydrogen-bond acceptors (Lipinski definition) is 3. The Morgan fingerprint density at radius 2 is 2.07 bits per heavy atom. The Labute approximate surface area is 98.1 Å². The van der Waals surface area contributed by atoms with E-state index in [4.69, 9.17) is 27.5 Å². The molecular formula is C9H12Cl2FNO2. The highest BCUT2D eigenvalue weighted by Crippen LogP contribution is 2.27. The third kappa shape index (κ3) is 3.83. The molecule has 0 bridgehead atoms. The summed E-state index contributed by atoms with van der Waals surface area (Å²) in [6, 6.07) is 2.13. The molecule has 6 heteroatoms. The van der Waals surface area contributed by atoms with Crippen LogP contribution in [0.3, 0.4) is 0 Å². The van der Waals surface area contributed by atoms with Crippen molar-refractivity contribution in [1.82, 2.24) is 0 Å². The van der Waals surface area contributed by atoms with Crippen molar-refractivity contribution in [3.05, 3.63) is 28.5 Å². The van der Waals surface area contributed by atoms with Gasteiger partial charge in [-0.3, -0.25) is 0 Å². The number of phenolic OH excluding ortho intramolecular Hbond substituents is 1. The molecule has 15 heavy (non-hydrogen) atoms. The van der Waals surface area contributed by atoms with Crippen LogP contribution in [0, 0.1) is 5.82 Å². The monoisotopic (exact) mass is 255 g/mol. The van der Waals surface area contributed by atoms with Crippen molar-refractivity contribution < 1.29 is 14.6 Å². The Morgan fingerprint density at radius 1 is 1.47 bits per heavy atom. The first-order valence-corrected chi connectivity index (χ1v) is 4.45. The zero-order chi connectivity index (χ0) is 10.7. The number of aliphatic hydroxyl groups is 1. The van der Waals surface area contributed by atoms with Crippen molar-refractivity contribution in [2.45, 2.75) is 12.5 Å². The van der Waals surface area contributed by atoms with Crippen LogP contribution in [0.2, 0.25) is 5.02 Å². The average Bonchev–Trinajstić information content (AvgIpc) is 2.14. The molecule has 0 aliphatic heterocycles. The summed E-state index contributed by atoms with van der Waals surface area (Å²) in [4.78, 5) is 0. The number of nitrogens with two attached hydrogens (primary N) is 1. The number of aliphatic hydroxyl groups excluding tert-OH is 1. The van der Waals surface area contributed by atoms with Gasteiger partial charge < -0.3 is 15.9 Å².